The van der Waals surface area contributed by atoms with Gasteiger partial charge in [0.2, 0.25) is 0 Å². The number of benzene rings is 1. The number of rotatable bonds is 4. The molecule has 0 bridgehead atoms. The third-order valence-electron chi connectivity index (χ3n) is 6.05. The number of hydrogen-bond acceptors (Lipinski definition) is 3. The van der Waals surface area contributed by atoms with Crippen LogP contribution in [0, 0.1) is 5.92 Å². The van der Waals surface area contributed by atoms with Gasteiger partial charge in [0, 0.05) is 30.0 Å². The summed E-state index contributed by atoms with van der Waals surface area (Å²) in [5.41, 5.74) is 5.11. The van der Waals surface area contributed by atoms with Crippen LogP contribution in [-0.2, 0) is 12.8 Å². The largest absolute Gasteiger partial charge is 0.329 e. The summed E-state index contributed by atoms with van der Waals surface area (Å²) in [6, 6.07) is 9.61. The smallest absolute Gasteiger partial charge is 0.143 e. The van der Waals surface area contributed by atoms with Gasteiger partial charge in [0.05, 0.1) is 5.69 Å². The number of aromatic nitrogens is 3. The third-order valence-corrected chi connectivity index (χ3v) is 6.05. The first-order chi connectivity index (χ1) is 12.9. The zero-order valence-corrected chi connectivity index (χ0v) is 15.0. The van der Waals surface area contributed by atoms with Crippen molar-refractivity contribution >= 4 is 22.9 Å². The van der Waals surface area contributed by atoms with E-state index >= 15 is 0 Å². The van der Waals surface area contributed by atoms with Gasteiger partial charge in [0.25, 0.3) is 0 Å². The monoisotopic (exact) mass is 344 g/mol. The highest BCUT2D eigenvalue weighted by Gasteiger charge is 2.26. The highest BCUT2D eigenvalue weighted by Crippen LogP contribution is 2.38. The summed E-state index contributed by atoms with van der Waals surface area (Å²) in [6.07, 6.45) is 16.3. The predicted octanol–water partition coefficient (Wildman–Crippen LogP) is 5.05. The SMILES string of the molecule is C1=Nc2cc(CCC3CCC(n4ccc5cncnc54)C3)ccc2CC1. The molecular weight excluding hydrogens is 320 g/mol. The van der Waals surface area contributed by atoms with Crippen molar-refractivity contribution in [2.75, 3.05) is 0 Å². The van der Waals surface area contributed by atoms with Gasteiger partial charge in [0.1, 0.15) is 12.0 Å². The Morgan fingerprint density at radius 1 is 1.15 bits per heavy atom. The van der Waals surface area contributed by atoms with Gasteiger partial charge in [-0.05, 0) is 74.1 Å². The average molecular weight is 344 g/mol. The van der Waals surface area contributed by atoms with Gasteiger partial charge >= 0.3 is 0 Å². The standard InChI is InChI=1S/C22H24N4/c1-2-18-7-5-17(13-21(18)24-10-1)4-3-16-6-8-20(12-16)26-11-9-19-14-23-15-25-22(19)26/h5,7,9-11,13-16,20H,1-4,6,8,12H2. The molecule has 2 aromatic heterocycles. The van der Waals surface area contributed by atoms with E-state index in [4.69, 9.17) is 0 Å². The van der Waals surface area contributed by atoms with Crippen LogP contribution in [0.5, 0.6) is 0 Å². The highest BCUT2D eigenvalue weighted by atomic mass is 15.1. The molecule has 0 spiro atoms. The number of nitrogens with zero attached hydrogens (tertiary/aromatic N) is 4. The van der Waals surface area contributed by atoms with E-state index in [0.717, 1.165) is 36.2 Å². The van der Waals surface area contributed by atoms with Gasteiger partial charge in [-0.1, -0.05) is 12.1 Å². The lowest BCUT2D eigenvalue weighted by Gasteiger charge is -2.15. The molecule has 0 N–H and O–H groups in total. The van der Waals surface area contributed by atoms with Crippen LogP contribution < -0.4 is 0 Å². The maximum Gasteiger partial charge on any atom is 0.143 e. The van der Waals surface area contributed by atoms with Gasteiger partial charge in [-0.2, -0.15) is 0 Å². The summed E-state index contributed by atoms with van der Waals surface area (Å²) in [5, 5.41) is 1.14. The van der Waals surface area contributed by atoms with E-state index in [9.17, 15) is 0 Å². The fourth-order valence-electron chi connectivity index (χ4n) is 4.61. The first-order valence-electron chi connectivity index (χ1n) is 9.78. The molecule has 3 heterocycles. The van der Waals surface area contributed by atoms with Crippen LogP contribution in [-0.4, -0.2) is 20.7 Å². The van der Waals surface area contributed by atoms with Crippen LogP contribution in [0.25, 0.3) is 11.0 Å². The second-order valence-corrected chi connectivity index (χ2v) is 7.71. The maximum atomic E-state index is 4.57. The minimum Gasteiger partial charge on any atom is -0.329 e. The van der Waals surface area contributed by atoms with E-state index < -0.39 is 0 Å². The minimum atomic E-state index is 0.584. The molecule has 1 aliphatic carbocycles. The summed E-state index contributed by atoms with van der Waals surface area (Å²) in [5.74, 6) is 0.804. The van der Waals surface area contributed by atoms with Gasteiger partial charge in [-0.25, -0.2) is 9.97 Å². The first-order valence-corrected chi connectivity index (χ1v) is 9.78. The second-order valence-electron chi connectivity index (χ2n) is 7.71. The molecule has 0 saturated heterocycles. The Hall–Kier alpha value is -2.49. The number of aryl methyl sites for hydroxylation is 2. The Morgan fingerprint density at radius 2 is 2.15 bits per heavy atom. The molecule has 26 heavy (non-hydrogen) atoms. The lowest BCUT2D eigenvalue weighted by atomic mass is 9.95. The van der Waals surface area contributed by atoms with E-state index in [1.807, 2.05) is 6.20 Å². The fraction of sp³-hybridized carbons (Fsp3) is 0.409. The second kappa shape index (κ2) is 6.67. The normalized spacial score (nSPS) is 22.0. The summed E-state index contributed by atoms with van der Waals surface area (Å²) >= 11 is 0. The molecule has 1 saturated carbocycles. The number of fused-ring (bicyclic) bond motifs is 2. The molecule has 1 aliphatic heterocycles. The molecule has 1 fully saturated rings. The number of aliphatic imine (C=N–C) groups is 1. The van der Waals surface area contributed by atoms with Crippen molar-refractivity contribution in [3.8, 4) is 0 Å². The van der Waals surface area contributed by atoms with Crippen LogP contribution in [0.3, 0.4) is 0 Å². The summed E-state index contributed by atoms with van der Waals surface area (Å²) in [7, 11) is 0. The molecule has 0 amide bonds. The topological polar surface area (TPSA) is 43.1 Å². The van der Waals surface area contributed by atoms with Crippen molar-refractivity contribution in [3.63, 3.8) is 0 Å². The van der Waals surface area contributed by atoms with Crippen molar-refractivity contribution in [1.82, 2.24) is 14.5 Å². The fourth-order valence-corrected chi connectivity index (χ4v) is 4.61. The van der Waals surface area contributed by atoms with E-state index in [1.165, 1.54) is 42.5 Å². The van der Waals surface area contributed by atoms with Gasteiger partial charge in [-0.15, -0.1) is 0 Å². The third kappa shape index (κ3) is 2.94. The first kappa shape index (κ1) is 15.7. The Morgan fingerprint density at radius 3 is 3.15 bits per heavy atom. The average Bonchev–Trinajstić information content (AvgIpc) is 3.33. The lowest BCUT2D eigenvalue weighted by Crippen LogP contribution is -2.05. The Labute approximate surface area is 154 Å². The van der Waals surface area contributed by atoms with Gasteiger partial charge in [0.15, 0.2) is 0 Å². The molecule has 4 heteroatoms. The molecule has 2 aliphatic rings. The molecular formula is C22H24N4. The zero-order chi connectivity index (χ0) is 17.3. The Balaban J connectivity index is 1.24. The predicted molar refractivity (Wildman–Crippen MR) is 105 cm³/mol. The molecule has 0 radical (unpaired) electrons. The van der Waals surface area contributed by atoms with E-state index in [2.05, 4.69) is 56.2 Å². The van der Waals surface area contributed by atoms with Crippen molar-refractivity contribution in [3.05, 3.63) is 54.1 Å². The minimum absolute atomic E-state index is 0.584. The zero-order valence-electron chi connectivity index (χ0n) is 15.0. The van der Waals surface area contributed by atoms with E-state index in [1.54, 1.807) is 6.33 Å². The molecule has 2 unspecified atom stereocenters. The molecule has 132 valence electrons. The molecule has 3 aromatic rings. The summed E-state index contributed by atoms with van der Waals surface area (Å²) < 4.78 is 2.37. The van der Waals surface area contributed by atoms with Crippen LogP contribution in [0.2, 0.25) is 0 Å². The van der Waals surface area contributed by atoms with Gasteiger partial charge < -0.3 is 4.57 Å². The Kier molecular flexibility index (Phi) is 4.04. The van der Waals surface area contributed by atoms with Crippen molar-refractivity contribution in [1.29, 1.82) is 0 Å². The molecule has 5 rings (SSSR count). The number of hydrogen-bond donors (Lipinski definition) is 0. The quantitative estimate of drug-likeness (QED) is 0.664. The summed E-state index contributed by atoms with van der Waals surface area (Å²) in [6.45, 7) is 0. The van der Waals surface area contributed by atoms with Crippen LogP contribution >= 0.6 is 0 Å². The van der Waals surface area contributed by atoms with Crippen molar-refractivity contribution < 1.29 is 0 Å². The van der Waals surface area contributed by atoms with E-state index in [0.29, 0.717) is 6.04 Å². The summed E-state index contributed by atoms with van der Waals surface area (Å²) in [4.78, 5) is 13.2. The van der Waals surface area contributed by atoms with Crippen LogP contribution in [0.1, 0.15) is 49.3 Å². The van der Waals surface area contributed by atoms with E-state index in [-0.39, 0.29) is 0 Å². The van der Waals surface area contributed by atoms with Crippen LogP contribution in [0.15, 0.2) is 48.0 Å². The highest BCUT2D eigenvalue weighted by molar-refractivity contribution is 5.74. The maximum absolute atomic E-state index is 4.57. The van der Waals surface area contributed by atoms with Crippen molar-refractivity contribution in [2.24, 2.45) is 10.9 Å². The molecule has 2 atom stereocenters. The Bertz CT molecular complexity index is 956. The molecule has 4 nitrogen and oxygen atoms in total. The van der Waals surface area contributed by atoms with Gasteiger partial charge in [-0.3, -0.25) is 4.99 Å². The van der Waals surface area contributed by atoms with Crippen LogP contribution in [0.4, 0.5) is 5.69 Å². The lowest BCUT2D eigenvalue weighted by molar-refractivity contribution is 0.461. The van der Waals surface area contributed by atoms with Crippen molar-refractivity contribution in [2.45, 2.75) is 51.0 Å². The molecule has 1 aromatic carbocycles.